The summed E-state index contributed by atoms with van der Waals surface area (Å²) < 4.78 is 12.4. The Bertz CT molecular complexity index is 758. The summed E-state index contributed by atoms with van der Waals surface area (Å²) in [5, 5.41) is 10.8. The minimum absolute atomic E-state index is 0.264. The Labute approximate surface area is 133 Å². The van der Waals surface area contributed by atoms with Gasteiger partial charge >= 0.3 is 0 Å². The van der Waals surface area contributed by atoms with Crippen molar-refractivity contribution in [2.75, 3.05) is 0 Å². The first kappa shape index (κ1) is 15.1. The number of rotatable bonds is 7. The third kappa shape index (κ3) is 3.88. The van der Waals surface area contributed by atoms with Crippen molar-refractivity contribution >= 4 is 5.91 Å². The van der Waals surface area contributed by atoms with Crippen molar-refractivity contribution in [3.05, 3.63) is 59.6 Å². The van der Waals surface area contributed by atoms with E-state index >= 15 is 0 Å². The van der Waals surface area contributed by atoms with Crippen LogP contribution in [-0.4, -0.2) is 20.8 Å². The lowest BCUT2D eigenvalue weighted by Crippen LogP contribution is -2.22. The second-order valence-electron chi connectivity index (χ2n) is 5.19. The summed E-state index contributed by atoms with van der Waals surface area (Å²) in [6.45, 7) is 2.85. The number of carbonyl (C=O) groups is 1. The van der Waals surface area contributed by atoms with Crippen molar-refractivity contribution in [1.29, 1.82) is 0 Å². The number of nitrogens with one attached hydrogen (secondary N) is 1. The smallest absolute Gasteiger partial charge is 0.287 e. The molecule has 3 aromatic heterocycles. The van der Waals surface area contributed by atoms with E-state index in [9.17, 15) is 4.79 Å². The molecule has 0 atom stereocenters. The molecule has 3 aromatic rings. The molecule has 1 N–H and O–H groups in total. The van der Waals surface area contributed by atoms with Crippen LogP contribution in [0.3, 0.4) is 0 Å². The zero-order valence-electron chi connectivity index (χ0n) is 12.9. The standard InChI is InChI=1S/C16H18N4O3/c1-2-4-12-9-14(23-19-12)10-17-16(21)15-6-5-13(22-15)11-20-8-3-7-18-20/h3,5-9H,2,4,10-11H2,1H3,(H,17,21). The zero-order valence-corrected chi connectivity index (χ0v) is 12.9. The van der Waals surface area contributed by atoms with E-state index in [2.05, 4.69) is 22.5 Å². The van der Waals surface area contributed by atoms with Crippen molar-refractivity contribution in [1.82, 2.24) is 20.3 Å². The van der Waals surface area contributed by atoms with Gasteiger partial charge in [0.1, 0.15) is 5.76 Å². The highest BCUT2D eigenvalue weighted by Crippen LogP contribution is 2.10. The van der Waals surface area contributed by atoms with Crippen LogP contribution in [0.4, 0.5) is 0 Å². The number of furan rings is 1. The zero-order chi connectivity index (χ0) is 16.1. The van der Waals surface area contributed by atoms with Gasteiger partial charge in [0.05, 0.1) is 18.8 Å². The Kier molecular flexibility index (Phi) is 4.56. The molecule has 0 fully saturated rings. The average molecular weight is 314 g/mol. The van der Waals surface area contributed by atoms with Crippen molar-refractivity contribution in [3.8, 4) is 0 Å². The fraction of sp³-hybridized carbons (Fsp3) is 0.312. The molecule has 0 aliphatic heterocycles. The molecule has 3 rings (SSSR count). The molecular weight excluding hydrogens is 296 g/mol. The number of aromatic nitrogens is 3. The Morgan fingerprint density at radius 3 is 3.04 bits per heavy atom. The molecule has 1 amide bonds. The molecule has 3 heterocycles. The van der Waals surface area contributed by atoms with Crippen LogP contribution >= 0.6 is 0 Å². The number of hydrogen-bond donors (Lipinski definition) is 1. The summed E-state index contributed by atoms with van der Waals surface area (Å²) in [5.74, 6) is 1.28. The summed E-state index contributed by atoms with van der Waals surface area (Å²) in [4.78, 5) is 12.1. The number of aryl methyl sites for hydroxylation is 1. The summed E-state index contributed by atoms with van der Waals surface area (Å²) in [7, 11) is 0. The van der Waals surface area contributed by atoms with Gasteiger partial charge in [0.25, 0.3) is 5.91 Å². The van der Waals surface area contributed by atoms with Gasteiger partial charge in [-0.25, -0.2) is 0 Å². The van der Waals surface area contributed by atoms with E-state index in [1.165, 1.54) is 0 Å². The summed E-state index contributed by atoms with van der Waals surface area (Å²) >= 11 is 0. The summed E-state index contributed by atoms with van der Waals surface area (Å²) in [6.07, 6.45) is 5.40. The quantitative estimate of drug-likeness (QED) is 0.723. The third-order valence-corrected chi connectivity index (χ3v) is 3.30. The molecular formula is C16H18N4O3. The molecule has 23 heavy (non-hydrogen) atoms. The molecule has 0 aromatic carbocycles. The highest BCUT2D eigenvalue weighted by molar-refractivity contribution is 5.91. The van der Waals surface area contributed by atoms with Crippen LogP contribution in [0.5, 0.6) is 0 Å². The van der Waals surface area contributed by atoms with Crippen molar-refractivity contribution in [3.63, 3.8) is 0 Å². The maximum atomic E-state index is 12.1. The second-order valence-corrected chi connectivity index (χ2v) is 5.19. The van der Waals surface area contributed by atoms with E-state index in [1.54, 1.807) is 23.0 Å². The topological polar surface area (TPSA) is 86.1 Å². The fourth-order valence-corrected chi connectivity index (χ4v) is 2.21. The van der Waals surface area contributed by atoms with Crippen LogP contribution in [0, 0.1) is 0 Å². The first-order valence-electron chi connectivity index (χ1n) is 7.53. The monoisotopic (exact) mass is 314 g/mol. The van der Waals surface area contributed by atoms with Gasteiger partial charge in [0, 0.05) is 18.5 Å². The third-order valence-electron chi connectivity index (χ3n) is 3.30. The van der Waals surface area contributed by atoms with Crippen molar-refractivity contribution < 1.29 is 13.7 Å². The van der Waals surface area contributed by atoms with E-state index in [1.807, 2.05) is 18.3 Å². The molecule has 0 spiro atoms. The van der Waals surface area contributed by atoms with Crippen LogP contribution in [0.2, 0.25) is 0 Å². The Morgan fingerprint density at radius 2 is 2.26 bits per heavy atom. The Balaban J connectivity index is 1.54. The Morgan fingerprint density at radius 1 is 1.35 bits per heavy atom. The van der Waals surface area contributed by atoms with E-state index in [-0.39, 0.29) is 18.2 Å². The molecule has 0 bridgehead atoms. The second kappa shape index (κ2) is 6.95. The predicted octanol–water partition coefficient (Wildman–Crippen LogP) is 2.39. The summed E-state index contributed by atoms with van der Waals surface area (Å²) in [6, 6.07) is 7.11. The average Bonchev–Trinajstić information content (AvgIpc) is 3.27. The molecule has 0 saturated carbocycles. The molecule has 0 saturated heterocycles. The maximum Gasteiger partial charge on any atom is 0.287 e. The van der Waals surface area contributed by atoms with Gasteiger partial charge in [0.15, 0.2) is 11.5 Å². The predicted molar refractivity (Wildman–Crippen MR) is 81.7 cm³/mol. The van der Waals surface area contributed by atoms with E-state index in [0.717, 1.165) is 18.5 Å². The maximum absolute atomic E-state index is 12.1. The number of nitrogens with zero attached hydrogens (tertiary/aromatic N) is 3. The minimum Gasteiger partial charge on any atom is -0.454 e. The molecule has 120 valence electrons. The lowest BCUT2D eigenvalue weighted by atomic mass is 10.2. The van der Waals surface area contributed by atoms with Crippen LogP contribution in [0.15, 0.2) is 45.6 Å². The number of hydrogen-bond acceptors (Lipinski definition) is 5. The van der Waals surface area contributed by atoms with Crippen molar-refractivity contribution in [2.45, 2.75) is 32.9 Å². The van der Waals surface area contributed by atoms with Gasteiger partial charge < -0.3 is 14.3 Å². The van der Waals surface area contributed by atoms with Gasteiger partial charge in [-0.3, -0.25) is 9.48 Å². The first-order chi connectivity index (χ1) is 11.2. The van der Waals surface area contributed by atoms with Crippen LogP contribution < -0.4 is 5.32 Å². The van der Waals surface area contributed by atoms with Gasteiger partial charge in [0.2, 0.25) is 0 Å². The SMILES string of the molecule is CCCc1cc(CNC(=O)c2ccc(Cn3cccn3)o2)on1. The van der Waals surface area contributed by atoms with Crippen LogP contribution in [-0.2, 0) is 19.5 Å². The normalized spacial score (nSPS) is 10.8. The summed E-state index contributed by atoms with van der Waals surface area (Å²) in [5.41, 5.74) is 0.899. The molecule has 0 aliphatic rings. The lowest BCUT2D eigenvalue weighted by Gasteiger charge is -2.00. The highest BCUT2D eigenvalue weighted by Gasteiger charge is 2.12. The van der Waals surface area contributed by atoms with Gasteiger partial charge in [-0.1, -0.05) is 18.5 Å². The number of amides is 1. The lowest BCUT2D eigenvalue weighted by molar-refractivity contribution is 0.0917. The van der Waals surface area contributed by atoms with Crippen molar-refractivity contribution in [2.24, 2.45) is 0 Å². The van der Waals surface area contributed by atoms with E-state index < -0.39 is 0 Å². The highest BCUT2D eigenvalue weighted by atomic mass is 16.5. The molecule has 7 heteroatoms. The van der Waals surface area contributed by atoms with E-state index in [0.29, 0.717) is 18.1 Å². The van der Waals surface area contributed by atoms with Crippen LogP contribution in [0.25, 0.3) is 0 Å². The molecule has 0 radical (unpaired) electrons. The number of carbonyl (C=O) groups excluding carboxylic acids is 1. The van der Waals surface area contributed by atoms with E-state index in [4.69, 9.17) is 8.94 Å². The largest absolute Gasteiger partial charge is 0.454 e. The molecule has 7 nitrogen and oxygen atoms in total. The van der Waals surface area contributed by atoms with Gasteiger partial charge in [-0.15, -0.1) is 0 Å². The Hall–Kier alpha value is -2.83. The first-order valence-corrected chi connectivity index (χ1v) is 7.53. The van der Waals surface area contributed by atoms with Gasteiger partial charge in [-0.2, -0.15) is 5.10 Å². The fourth-order valence-electron chi connectivity index (χ4n) is 2.21. The van der Waals surface area contributed by atoms with Crippen LogP contribution in [0.1, 0.15) is 41.1 Å². The van der Waals surface area contributed by atoms with Gasteiger partial charge in [-0.05, 0) is 24.6 Å². The molecule has 0 unspecified atom stereocenters. The molecule has 0 aliphatic carbocycles. The minimum atomic E-state index is -0.287.